The van der Waals surface area contributed by atoms with Crippen molar-refractivity contribution >= 4 is 17.6 Å². The Hall–Kier alpha value is -2.97. The second kappa shape index (κ2) is 7.34. The molecule has 2 aliphatic rings. The largest absolute Gasteiger partial charge is 0.462 e. The number of hydrogen-bond acceptors (Lipinski definition) is 7. The number of carbonyl (C=O) groups excluding carboxylic acids is 2. The Morgan fingerprint density at radius 3 is 2.85 bits per heavy atom. The number of esters is 1. The molecular weight excluding hydrogens is 352 g/mol. The number of aromatic nitrogens is 2. The monoisotopic (exact) mass is 374 g/mol. The highest BCUT2D eigenvalue weighted by atomic mass is 16.6. The molecule has 0 amide bonds. The van der Waals surface area contributed by atoms with Gasteiger partial charge in [0.15, 0.2) is 5.78 Å². The minimum Gasteiger partial charge on any atom is -0.462 e. The molecule has 9 nitrogen and oxygen atoms in total. The maximum Gasteiger partial charge on any atom is 0.342 e. The van der Waals surface area contributed by atoms with Gasteiger partial charge in [0.25, 0.3) is 0 Å². The number of rotatable bonds is 5. The molecule has 0 saturated carbocycles. The number of nitro groups is 1. The van der Waals surface area contributed by atoms with Gasteiger partial charge in [-0.25, -0.2) is 14.3 Å². The Morgan fingerprint density at radius 1 is 1.48 bits per heavy atom. The van der Waals surface area contributed by atoms with E-state index in [0.29, 0.717) is 30.5 Å². The van der Waals surface area contributed by atoms with Gasteiger partial charge in [-0.15, -0.1) is 0 Å². The van der Waals surface area contributed by atoms with Crippen LogP contribution >= 0.6 is 0 Å². The Labute approximate surface area is 156 Å². The van der Waals surface area contributed by atoms with Crippen molar-refractivity contribution in [3.63, 3.8) is 0 Å². The number of nitrogens with zero attached hydrogens (tertiary/aromatic N) is 3. The molecule has 1 aromatic heterocycles. The summed E-state index contributed by atoms with van der Waals surface area (Å²) in [6.07, 6.45) is 3.59. The number of hydrogen-bond donors (Lipinski definition) is 1. The lowest BCUT2D eigenvalue weighted by atomic mass is 9.78. The van der Waals surface area contributed by atoms with Gasteiger partial charge in [0, 0.05) is 23.4 Å². The van der Waals surface area contributed by atoms with E-state index in [1.54, 1.807) is 6.92 Å². The van der Waals surface area contributed by atoms with Crippen LogP contribution in [0.3, 0.4) is 0 Å². The summed E-state index contributed by atoms with van der Waals surface area (Å²) >= 11 is 0. The van der Waals surface area contributed by atoms with E-state index < -0.39 is 16.8 Å². The number of imidazole rings is 1. The van der Waals surface area contributed by atoms with Gasteiger partial charge in [-0.3, -0.25) is 4.79 Å². The van der Waals surface area contributed by atoms with E-state index >= 15 is 0 Å². The van der Waals surface area contributed by atoms with Gasteiger partial charge in [0.05, 0.1) is 19.2 Å². The quantitative estimate of drug-likeness (QED) is 0.477. The smallest absolute Gasteiger partial charge is 0.342 e. The fourth-order valence-electron chi connectivity index (χ4n) is 3.64. The Bertz CT molecular complexity index is 880. The second-order valence-corrected chi connectivity index (χ2v) is 6.69. The SMILES string of the molecule is CCCOC(=O)C1=C(C)NC2=C(C(=O)CCC2)C1c1ncc([N+](=O)[O-])n1C. The van der Waals surface area contributed by atoms with E-state index in [9.17, 15) is 19.7 Å². The van der Waals surface area contributed by atoms with Crippen molar-refractivity contribution in [1.82, 2.24) is 14.9 Å². The summed E-state index contributed by atoms with van der Waals surface area (Å²) in [5, 5.41) is 14.4. The molecule has 0 bridgehead atoms. The number of ketones is 1. The fraction of sp³-hybridized carbons (Fsp3) is 0.500. The number of ether oxygens (including phenoxy) is 1. The molecule has 2 heterocycles. The van der Waals surface area contributed by atoms with E-state index in [1.807, 2.05) is 6.92 Å². The lowest BCUT2D eigenvalue weighted by Crippen LogP contribution is -2.35. The predicted octanol–water partition coefficient (Wildman–Crippen LogP) is 2.25. The molecule has 1 unspecified atom stereocenters. The summed E-state index contributed by atoms with van der Waals surface area (Å²) in [4.78, 5) is 40.4. The van der Waals surface area contributed by atoms with Crippen LogP contribution in [-0.4, -0.2) is 32.8 Å². The minimum atomic E-state index is -0.780. The van der Waals surface area contributed by atoms with Crippen molar-refractivity contribution in [2.24, 2.45) is 7.05 Å². The molecule has 0 aromatic carbocycles. The van der Waals surface area contributed by atoms with E-state index in [-0.39, 0.29) is 29.6 Å². The third kappa shape index (κ3) is 3.24. The molecule has 0 radical (unpaired) electrons. The second-order valence-electron chi connectivity index (χ2n) is 6.69. The number of nitrogens with one attached hydrogen (secondary N) is 1. The molecule has 0 spiro atoms. The fourth-order valence-corrected chi connectivity index (χ4v) is 3.64. The zero-order chi connectivity index (χ0) is 19.7. The molecular formula is C18H22N4O5. The van der Waals surface area contributed by atoms with Crippen molar-refractivity contribution < 1.29 is 19.2 Å². The maximum absolute atomic E-state index is 12.8. The first-order valence-electron chi connectivity index (χ1n) is 8.93. The average Bonchev–Trinajstić information content (AvgIpc) is 3.00. The van der Waals surface area contributed by atoms with Crippen LogP contribution in [0.25, 0.3) is 0 Å². The van der Waals surface area contributed by atoms with Crippen LogP contribution in [0.1, 0.15) is 51.3 Å². The molecule has 1 N–H and O–H groups in total. The van der Waals surface area contributed by atoms with Crippen LogP contribution in [-0.2, 0) is 21.4 Å². The number of Topliss-reactive ketones (excluding diaryl/α,β-unsaturated/α-hetero) is 1. The molecule has 0 fully saturated rings. The Morgan fingerprint density at radius 2 is 2.22 bits per heavy atom. The van der Waals surface area contributed by atoms with Gasteiger partial charge in [0.2, 0.25) is 5.82 Å². The van der Waals surface area contributed by atoms with Crippen LogP contribution in [0.5, 0.6) is 0 Å². The zero-order valence-electron chi connectivity index (χ0n) is 15.6. The molecule has 3 rings (SSSR count). The highest BCUT2D eigenvalue weighted by molar-refractivity contribution is 6.03. The highest BCUT2D eigenvalue weighted by Crippen LogP contribution is 2.42. The van der Waals surface area contributed by atoms with Crippen LogP contribution in [0.15, 0.2) is 28.7 Å². The average molecular weight is 374 g/mol. The third-order valence-electron chi connectivity index (χ3n) is 4.88. The standard InChI is InChI=1S/C18H22N4O5/c1-4-8-27-18(24)14-10(2)20-11-6-5-7-12(23)15(11)16(14)17-19-9-13(21(17)3)22(25)26/h9,16,20H,4-8H2,1-3H3. The van der Waals surface area contributed by atoms with Crippen LogP contribution < -0.4 is 5.32 Å². The maximum atomic E-state index is 12.8. The predicted molar refractivity (Wildman–Crippen MR) is 95.6 cm³/mol. The van der Waals surface area contributed by atoms with Crippen LogP contribution in [0, 0.1) is 10.1 Å². The summed E-state index contributed by atoms with van der Waals surface area (Å²) in [7, 11) is 1.51. The molecule has 9 heteroatoms. The van der Waals surface area contributed by atoms with Crippen LogP contribution in [0.2, 0.25) is 0 Å². The highest BCUT2D eigenvalue weighted by Gasteiger charge is 2.43. The zero-order valence-corrected chi connectivity index (χ0v) is 15.6. The summed E-state index contributed by atoms with van der Waals surface area (Å²) in [5.74, 6) is -1.31. The normalized spacial score (nSPS) is 19.7. The van der Waals surface area contributed by atoms with Crippen molar-refractivity contribution in [2.75, 3.05) is 6.61 Å². The number of carbonyl (C=O) groups is 2. The molecule has 0 saturated heterocycles. The van der Waals surface area contributed by atoms with Gasteiger partial charge < -0.3 is 20.2 Å². The van der Waals surface area contributed by atoms with Gasteiger partial charge in [-0.1, -0.05) is 6.92 Å². The molecule has 1 aliphatic heterocycles. The summed E-state index contributed by atoms with van der Waals surface area (Å²) in [5.41, 5.74) is 2.08. The summed E-state index contributed by atoms with van der Waals surface area (Å²) in [6.45, 7) is 3.89. The summed E-state index contributed by atoms with van der Waals surface area (Å²) in [6, 6.07) is 0. The Balaban J connectivity index is 2.16. The van der Waals surface area contributed by atoms with Crippen molar-refractivity contribution in [1.29, 1.82) is 0 Å². The lowest BCUT2D eigenvalue weighted by Gasteiger charge is -2.32. The van der Waals surface area contributed by atoms with Crippen molar-refractivity contribution in [3.8, 4) is 0 Å². The van der Waals surface area contributed by atoms with Gasteiger partial charge in [-0.2, -0.15) is 0 Å². The number of dihydropyridines is 1. The van der Waals surface area contributed by atoms with Gasteiger partial charge in [0.1, 0.15) is 12.1 Å². The lowest BCUT2D eigenvalue weighted by molar-refractivity contribution is -0.391. The van der Waals surface area contributed by atoms with E-state index in [0.717, 1.165) is 18.3 Å². The number of allylic oxidation sites excluding steroid dienone is 3. The first-order valence-corrected chi connectivity index (χ1v) is 8.93. The molecule has 1 aromatic rings. The molecule has 1 atom stereocenters. The first kappa shape index (κ1) is 18.8. The van der Waals surface area contributed by atoms with E-state index in [2.05, 4.69) is 10.3 Å². The topological polar surface area (TPSA) is 116 Å². The van der Waals surface area contributed by atoms with Gasteiger partial charge in [-0.05, 0) is 31.1 Å². The third-order valence-corrected chi connectivity index (χ3v) is 4.88. The van der Waals surface area contributed by atoms with Crippen molar-refractivity contribution in [2.45, 2.75) is 45.4 Å². The van der Waals surface area contributed by atoms with Gasteiger partial charge >= 0.3 is 11.8 Å². The van der Waals surface area contributed by atoms with E-state index in [4.69, 9.17) is 4.74 Å². The van der Waals surface area contributed by atoms with Crippen molar-refractivity contribution in [3.05, 3.63) is 44.7 Å². The molecule has 27 heavy (non-hydrogen) atoms. The molecule has 144 valence electrons. The van der Waals surface area contributed by atoms with Crippen LogP contribution in [0.4, 0.5) is 5.82 Å². The first-order chi connectivity index (χ1) is 12.9. The minimum absolute atomic E-state index is 0.0762. The molecule has 1 aliphatic carbocycles. The Kier molecular flexibility index (Phi) is 5.11. The van der Waals surface area contributed by atoms with E-state index in [1.165, 1.54) is 11.6 Å². The summed E-state index contributed by atoms with van der Waals surface area (Å²) < 4.78 is 6.64.